The van der Waals surface area contributed by atoms with Crippen LogP contribution in [0.4, 0.5) is 0 Å². The van der Waals surface area contributed by atoms with Crippen molar-refractivity contribution in [3.63, 3.8) is 0 Å². The lowest BCUT2D eigenvalue weighted by Gasteiger charge is -2.30. The Morgan fingerprint density at radius 1 is 1.24 bits per heavy atom. The molecule has 0 aliphatic heterocycles. The Labute approximate surface area is 126 Å². The van der Waals surface area contributed by atoms with Crippen LogP contribution in [0.5, 0.6) is 11.5 Å². The van der Waals surface area contributed by atoms with E-state index in [-0.39, 0.29) is 18.9 Å². The number of carbonyl (C=O) groups excluding carboxylic acids is 1. The van der Waals surface area contributed by atoms with Gasteiger partial charge < -0.3 is 19.9 Å². The predicted molar refractivity (Wildman–Crippen MR) is 81.8 cm³/mol. The fourth-order valence-corrected chi connectivity index (χ4v) is 2.20. The summed E-state index contributed by atoms with van der Waals surface area (Å²) in [7, 11) is 3.14. The van der Waals surface area contributed by atoms with Crippen LogP contribution in [0.1, 0.15) is 32.3 Å². The molecule has 0 heterocycles. The maximum atomic E-state index is 12.2. The smallest absolute Gasteiger partial charge is 0.225 e. The average Bonchev–Trinajstić information content (AvgIpc) is 2.53. The molecule has 0 atom stereocenters. The Morgan fingerprint density at radius 3 is 2.38 bits per heavy atom. The molecular weight excluding hydrogens is 270 g/mol. The second-order valence-electron chi connectivity index (χ2n) is 5.05. The third-order valence-electron chi connectivity index (χ3n) is 3.91. The molecule has 1 rings (SSSR count). The number of hydrogen-bond donors (Lipinski definition) is 2. The Morgan fingerprint density at radius 2 is 1.90 bits per heavy atom. The van der Waals surface area contributed by atoms with Crippen molar-refractivity contribution < 1.29 is 19.4 Å². The first-order valence-corrected chi connectivity index (χ1v) is 7.17. The van der Waals surface area contributed by atoms with Crippen molar-refractivity contribution in [2.24, 2.45) is 0 Å². The van der Waals surface area contributed by atoms with Gasteiger partial charge >= 0.3 is 0 Å². The Bertz CT molecular complexity index is 461. The summed E-state index contributed by atoms with van der Waals surface area (Å²) in [4.78, 5) is 12.2. The summed E-state index contributed by atoms with van der Waals surface area (Å²) in [5, 5.41) is 12.4. The number of rotatable bonds is 8. The molecule has 0 saturated carbocycles. The van der Waals surface area contributed by atoms with Crippen LogP contribution < -0.4 is 14.8 Å². The van der Waals surface area contributed by atoms with Crippen LogP contribution in [0, 0.1) is 0 Å². The van der Waals surface area contributed by atoms with E-state index in [1.54, 1.807) is 26.4 Å². The number of methoxy groups -OCH3 is 2. The van der Waals surface area contributed by atoms with Gasteiger partial charge in [-0.1, -0.05) is 19.9 Å². The lowest BCUT2D eigenvalue weighted by Crippen LogP contribution is -2.51. The molecule has 0 unspecified atom stereocenters. The summed E-state index contributed by atoms with van der Waals surface area (Å²) >= 11 is 0. The zero-order chi connectivity index (χ0) is 15.9. The number of aliphatic hydroxyl groups is 1. The molecule has 2 N–H and O–H groups in total. The summed E-state index contributed by atoms with van der Waals surface area (Å²) in [5.74, 6) is 1.17. The number of nitrogens with one attached hydrogen (secondary N) is 1. The number of hydrogen-bond acceptors (Lipinski definition) is 4. The molecule has 0 spiro atoms. The molecule has 1 aromatic carbocycles. The Hall–Kier alpha value is -1.75. The van der Waals surface area contributed by atoms with E-state index < -0.39 is 5.54 Å². The van der Waals surface area contributed by atoms with Gasteiger partial charge in [-0.25, -0.2) is 0 Å². The first-order valence-electron chi connectivity index (χ1n) is 7.17. The molecule has 0 radical (unpaired) electrons. The minimum absolute atomic E-state index is 0.0640. The monoisotopic (exact) mass is 295 g/mol. The van der Waals surface area contributed by atoms with Gasteiger partial charge in [0.05, 0.1) is 32.8 Å². The van der Waals surface area contributed by atoms with Crippen molar-refractivity contribution in [2.45, 2.75) is 38.6 Å². The van der Waals surface area contributed by atoms with Gasteiger partial charge in [-0.15, -0.1) is 0 Å². The molecular formula is C16H25NO4. The van der Waals surface area contributed by atoms with Crippen LogP contribution in [0.3, 0.4) is 0 Å². The van der Waals surface area contributed by atoms with Crippen molar-refractivity contribution in [2.75, 3.05) is 20.8 Å². The van der Waals surface area contributed by atoms with Gasteiger partial charge in [0.25, 0.3) is 0 Å². The van der Waals surface area contributed by atoms with Crippen molar-refractivity contribution in [1.82, 2.24) is 5.32 Å². The van der Waals surface area contributed by atoms with Crippen LogP contribution in [-0.4, -0.2) is 37.4 Å². The summed E-state index contributed by atoms with van der Waals surface area (Å²) in [6.07, 6.45) is 1.58. The minimum Gasteiger partial charge on any atom is -0.497 e. The molecule has 1 amide bonds. The summed E-state index contributed by atoms with van der Waals surface area (Å²) in [6, 6.07) is 5.36. The third kappa shape index (κ3) is 4.36. The first kappa shape index (κ1) is 17.3. The van der Waals surface area contributed by atoms with Crippen molar-refractivity contribution in [3.05, 3.63) is 23.8 Å². The second-order valence-corrected chi connectivity index (χ2v) is 5.05. The zero-order valence-corrected chi connectivity index (χ0v) is 13.2. The SMILES string of the molecule is CCC(CC)(CO)NC(=O)Cc1ccc(OC)cc1OC. The standard InChI is InChI=1S/C16H25NO4/c1-5-16(6-2,11-18)17-15(19)9-12-7-8-13(20-3)10-14(12)21-4/h7-8,10,18H,5-6,9,11H2,1-4H3,(H,17,19). The molecule has 21 heavy (non-hydrogen) atoms. The Balaban J connectivity index is 2.83. The Kier molecular flexibility index (Phi) is 6.49. The van der Waals surface area contributed by atoms with Crippen molar-refractivity contribution in [1.29, 1.82) is 0 Å². The molecule has 0 saturated heterocycles. The molecule has 0 aromatic heterocycles. The van der Waals surface area contributed by atoms with E-state index in [4.69, 9.17) is 9.47 Å². The van der Waals surface area contributed by atoms with E-state index in [0.717, 1.165) is 5.56 Å². The van der Waals surface area contributed by atoms with Crippen LogP contribution >= 0.6 is 0 Å². The van der Waals surface area contributed by atoms with E-state index >= 15 is 0 Å². The lowest BCUT2D eigenvalue weighted by atomic mass is 9.93. The normalized spacial score (nSPS) is 11.1. The maximum Gasteiger partial charge on any atom is 0.225 e. The second kappa shape index (κ2) is 7.88. The van der Waals surface area contributed by atoms with Crippen LogP contribution in [0.25, 0.3) is 0 Å². The highest BCUT2D eigenvalue weighted by atomic mass is 16.5. The number of benzene rings is 1. The van der Waals surface area contributed by atoms with Gasteiger partial charge in [0.15, 0.2) is 0 Å². The first-order chi connectivity index (χ1) is 10.0. The van der Waals surface area contributed by atoms with E-state index in [9.17, 15) is 9.90 Å². The maximum absolute atomic E-state index is 12.2. The van der Waals surface area contributed by atoms with E-state index in [1.807, 2.05) is 19.9 Å². The quantitative estimate of drug-likeness (QED) is 0.769. The molecule has 0 bridgehead atoms. The van der Waals surface area contributed by atoms with Crippen LogP contribution in [0.2, 0.25) is 0 Å². The molecule has 0 fully saturated rings. The molecule has 5 nitrogen and oxygen atoms in total. The van der Waals surface area contributed by atoms with Crippen molar-refractivity contribution in [3.8, 4) is 11.5 Å². The highest BCUT2D eigenvalue weighted by Gasteiger charge is 2.27. The zero-order valence-electron chi connectivity index (χ0n) is 13.2. The van der Waals surface area contributed by atoms with Crippen molar-refractivity contribution >= 4 is 5.91 Å². The molecule has 0 aliphatic carbocycles. The van der Waals surface area contributed by atoms with Crippen LogP contribution in [-0.2, 0) is 11.2 Å². The highest BCUT2D eigenvalue weighted by Crippen LogP contribution is 2.25. The molecule has 118 valence electrons. The summed E-state index contributed by atoms with van der Waals surface area (Å²) in [6.45, 7) is 3.84. The summed E-state index contributed by atoms with van der Waals surface area (Å²) in [5.41, 5.74) is 0.242. The number of amides is 1. The molecule has 0 aliphatic rings. The van der Waals surface area contributed by atoms with E-state index in [2.05, 4.69) is 5.32 Å². The van der Waals surface area contributed by atoms with Gasteiger partial charge in [0, 0.05) is 11.6 Å². The predicted octanol–water partition coefficient (Wildman–Crippen LogP) is 1.91. The number of aliphatic hydroxyl groups excluding tert-OH is 1. The van der Waals surface area contributed by atoms with E-state index in [0.29, 0.717) is 24.3 Å². The summed E-state index contributed by atoms with van der Waals surface area (Å²) < 4.78 is 10.4. The molecule has 1 aromatic rings. The molecule has 5 heteroatoms. The number of ether oxygens (including phenoxy) is 2. The van der Waals surface area contributed by atoms with Gasteiger partial charge in [-0.05, 0) is 18.9 Å². The van der Waals surface area contributed by atoms with Gasteiger partial charge in [0.1, 0.15) is 11.5 Å². The fourth-order valence-electron chi connectivity index (χ4n) is 2.20. The topological polar surface area (TPSA) is 67.8 Å². The van der Waals surface area contributed by atoms with Gasteiger partial charge in [-0.3, -0.25) is 4.79 Å². The van der Waals surface area contributed by atoms with Gasteiger partial charge in [0.2, 0.25) is 5.91 Å². The van der Waals surface area contributed by atoms with E-state index in [1.165, 1.54) is 0 Å². The largest absolute Gasteiger partial charge is 0.497 e. The van der Waals surface area contributed by atoms with Crippen LogP contribution in [0.15, 0.2) is 18.2 Å². The highest BCUT2D eigenvalue weighted by molar-refractivity contribution is 5.80. The average molecular weight is 295 g/mol. The minimum atomic E-state index is -0.545. The lowest BCUT2D eigenvalue weighted by molar-refractivity contribution is -0.123. The van der Waals surface area contributed by atoms with Gasteiger partial charge in [-0.2, -0.15) is 0 Å². The third-order valence-corrected chi connectivity index (χ3v) is 3.91. The fraction of sp³-hybridized carbons (Fsp3) is 0.562. The number of carbonyl (C=O) groups is 1.